The molecule has 6 nitrogen and oxygen atoms in total. The summed E-state index contributed by atoms with van der Waals surface area (Å²) >= 11 is 9.97. The van der Waals surface area contributed by atoms with E-state index in [1.807, 2.05) is 13.0 Å². The molecule has 0 spiro atoms. The molecule has 0 atom stereocenters. The molecule has 150 valence electrons. The highest BCUT2D eigenvalue weighted by molar-refractivity contribution is 9.10. The number of hydrogen-bond acceptors (Lipinski definition) is 6. The van der Waals surface area contributed by atoms with Crippen LogP contribution in [0.2, 0.25) is 0 Å². The molecule has 1 saturated heterocycles. The highest BCUT2D eigenvalue weighted by Crippen LogP contribution is 2.40. The van der Waals surface area contributed by atoms with E-state index in [1.165, 1.54) is 17.0 Å². The SMILES string of the molecule is CCOc1cc(C=C2SC(=S)N(c3cccc(C(=O)O)c3)C2=O)cc(Br)c1OC. The second kappa shape index (κ2) is 8.98. The summed E-state index contributed by atoms with van der Waals surface area (Å²) in [4.78, 5) is 25.9. The van der Waals surface area contributed by atoms with Crippen molar-refractivity contribution in [1.29, 1.82) is 0 Å². The van der Waals surface area contributed by atoms with Crippen molar-refractivity contribution in [2.45, 2.75) is 6.92 Å². The monoisotopic (exact) mass is 493 g/mol. The maximum absolute atomic E-state index is 13.0. The molecule has 0 bridgehead atoms. The smallest absolute Gasteiger partial charge is 0.335 e. The number of hydrogen-bond donors (Lipinski definition) is 1. The van der Waals surface area contributed by atoms with Crippen molar-refractivity contribution >= 4 is 67.9 Å². The van der Waals surface area contributed by atoms with Gasteiger partial charge in [0.1, 0.15) is 0 Å². The largest absolute Gasteiger partial charge is 0.492 e. The highest BCUT2D eigenvalue weighted by Gasteiger charge is 2.33. The standard InChI is InChI=1S/C20H16BrNO5S2/c1-3-27-15-8-11(7-14(21)17(15)26-2)9-16-18(23)22(20(28)29-16)13-6-4-5-12(10-13)19(24)25/h4-10H,3H2,1-2H3,(H,24,25). The number of anilines is 1. The van der Waals surface area contributed by atoms with Crippen molar-refractivity contribution in [2.24, 2.45) is 0 Å². The van der Waals surface area contributed by atoms with E-state index in [0.29, 0.717) is 37.5 Å². The minimum atomic E-state index is -1.07. The van der Waals surface area contributed by atoms with Crippen molar-refractivity contribution in [1.82, 2.24) is 0 Å². The van der Waals surface area contributed by atoms with Crippen LogP contribution in [0.15, 0.2) is 45.8 Å². The number of rotatable bonds is 6. The van der Waals surface area contributed by atoms with E-state index < -0.39 is 5.97 Å². The van der Waals surface area contributed by atoms with Crippen LogP contribution in [-0.2, 0) is 4.79 Å². The van der Waals surface area contributed by atoms with Crippen molar-refractivity contribution in [3.8, 4) is 11.5 Å². The Morgan fingerprint density at radius 3 is 2.76 bits per heavy atom. The van der Waals surface area contributed by atoms with E-state index in [0.717, 1.165) is 17.3 Å². The lowest BCUT2D eigenvalue weighted by Crippen LogP contribution is -2.27. The van der Waals surface area contributed by atoms with Gasteiger partial charge in [-0.05, 0) is 64.8 Å². The Morgan fingerprint density at radius 2 is 2.10 bits per heavy atom. The first-order valence-electron chi connectivity index (χ1n) is 8.47. The van der Waals surface area contributed by atoms with Crippen LogP contribution >= 0.6 is 39.9 Å². The molecular weight excluding hydrogens is 478 g/mol. The Hall–Kier alpha value is -2.36. The Bertz CT molecular complexity index is 1040. The van der Waals surface area contributed by atoms with Crippen LogP contribution in [0.4, 0.5) is 5.69 Å². The van der Waals surface area contributed by atoms with Gasteiger partial charge in [0.15, 0.2) is 15.8 Å². The average Bonchev–Trinajstić information content (AvgIpc) is 2.95. The molecule has 0 unspecified atom stereocenters. The predicted molar refractivity (Wildman–Crippen MR) is 121 cm³/mol. The number of aromatic carboxylic acids is 1. The Balaban J connectivity index is 1.96. The summed E-state index contributed by atoms with van der Waals surface area (Å²) in [5.41, 5.74) is 1.24. The van der Waals surface area contributed by atoms with Crippen LogP contribution in [0.1, 0.15) is 22.8 Å². The Labute approximate surface area is 185 Å². The number of halogens is 1. The summed E-state index contributed by atoms with van der Waals surface area (Å²) < 4.78 is 12.0. The van der Waals surface area contributed by atoms with Crippen LogP contribution in [0.5, 0.6) is 11.5 Å². The minimum absolute atomic E-state index is 0.0842. The number of carbonyl (C=O) groups is 2. The number of benzene rings is 2. The van der Waals surface area contributed by atoms with E-state index in [4.69, 9.17) is 21.7 Å². The third-order valence-corrected chi connectivity index (χ3v) is 5.87. The van der Waals surface area contributed by atoms with E-state index >= 15 is 0 Å². The predicted octanol–water partition coefficient (Wildman–Crippen LogP) is 4.96. The number of ether oxygens (including phenoxy) is 2. The van der Waals surface area contributed by atoms with Gasteiger partial charge in [0.05, 0.1) is 34.3 Å². The lowest BCUT2D eigenvalue weighted by molar-refractivity contribution is -0.113. The van der Waals surface area contributed by atoms with Crippen molar-refractivity contribution in [3.63, 3.8) is 0 Å². The first-order chi connectivity index (χ1) is 13.8. The molecule has 3 rings (SSSR count). The van der Waals surface area contributed by atoms with Gasteiger partial charge in [0.25, 0.3) is 5.91 Å². The molecule has 29 heavy (non-hydrogen) atoms. The molecular formula is C20H16BrNO5S2. The molecule has 0 radical (unpaired) electrons. The molecule has 1 N–H and O–H groups in total. The fourth-order valence-corrected chi connectivity index (χ4v) is 4.67. The summed E-state index contributed by atoms with van der Waals surface area (Å²) in [5, 5.41) is 9.19. The molecule has 1 amide bonds. The van der Waals surface area contributed by atoms with Gasteiger partial charge >= 0.3 is 5.97 Å². The quantitative estimate of drug-likeness (QED) is 0.450. The number of carboxylic acid groups (broad SMARTS) is 1. The lowest BCUT2D eigenvalue weighted by atomic mass is 10.1. The zero-order chi connectivity index (χ0) is 21.1. The van der Waals surface area contributed by atoms with E-state index in [1.54, 1.807) is 31.4 Å². The fourth-order valence-electron chi connectivity index (χ4n) is 2.75. The zero-order valence-electron chi connectivity index (χ0n) is 15.5. The van der Waals surface area contributed by atoms with E-state index in [2.05, 4.69) is 15.9 Å². The molecule has 2 aromatic carbocycles. The summed E-state index contributed by atoms with van der Waals surface area (Å²) in [5.74, 6) is -0.255. The summed E-state index contributed by atoms with van der Waals surface area (Å²) in [7, 11) is 1.55. The maximum atomic E-state index is 13.0. The summed E-state index contributed by atoms with van der Waals surface area (Å²) in [6.45, 7) is 2.34. The minimum Gasteiger partial charge on any atom is -0.492 e. The molecule has 9 heteroatoms. The third-order valence-electron chi connectivity index (χ3n) is 3.98. The second-order valence-corrected chi connectivity index (χ2v) is 8.37. The normalized spacial score (nSPS) is 15.1. The topological polar surface area (TPSA) is 76.1 Å². The Kier molecular flexibility index (Phi) is 6.61. The molecule has 1 fully saturated rings. The number of nitrogens with zero attached hydrogens (tertiary/aromatic N) is 1. The second-order valence-electron chi connectivity index (χ2n) is 5.84. The van der Waals surface area contributed by atoms with Crippen LogP contribution < -0.4 is 14.4 Å². The number of thioether (sulfide) groups is 1. The molecule has 0 saturated carbocycles. The van der Waals surface area contributed by atoms with Gasteiger partial charge in [-0.1, -0.05) is 30.0 Å². The molecule has 0 aliphatic carbocycles. The van der Waals surface area contributed by atoms with Gasteiger partial charge in [-0.2, -0.15) is 0 Å². The highest BCUT2D eigenvalue weighted by atomic mass is 79.9. The number of amides is 1. The maximum Gasteiger partial charge on any atom is 0.335 e. The van der Waals surface area contributed by atoms with Gasteiger partial charge in [-0.15, -0.1) is 0 Å². The molecule has 1 aliphatic heterocycles. The van der Waals surface area contributed by atoms with Gasteiger partial charge in [-0.3, -0.25) is 9.69 Å². The van der Waals surface area contributed by atoms with E-state index in [9.17, 15) is 14.7 Å². The average molecular weight is 494 g/mol. The van der Waals surface area contributed by atoms with Crippen molar-refractivity contribution in [3.05, 3.63) is 56.9 Å². The van der Waals surface area contributed by atoms with Crippen LogP contribution in [0, 0.1) is 0 Å². The molecule has 2 aromatic rings. The Morgan fingerprint density at radius 1 is 1.34 bits per heavy atom. The fraction of sp³-hybridized carbons (Fsp3) is 0.150. The summed E-state index contributed by atoms with van der Waals surface area (Å²) in [6, 6.07) is 9.72. The van der Waals surface area contributed by atoms with Crippen molar-refractivity contribution < 1.29 is 24.2 Å². The zero-order valence-corrected chi connectivity index (χ0v) is 18.7. The third kappa shape index (κ3) is 4.47. The number of thiocarbonyl (C=S) groups is 1. The first-order valence-corrected chi connectivity index (χ1v) is 10.5. The number of carbonyl (C=O) groups excluding carboxylic acids is 1. The first kappa shape index (κ1) is 21.4. The molecule has 1 aliphatic rings. The lowest BCUT2D eigenvalue weighted by Gasteiger charge is -2.15. The molecule has 0 aromatic heterocycles. The van der Waals surface area contributed by atoms with Gasteiger partial charge in [0, 0.05) is 0 Å². The molecule has 1 heterocycles. The van der Waals surface area contributed by atoms with Gasteiger partial charge in [-0.25, -0.2) is 4.79 Å². The van der Waals surface area contributed by atoms with Gasteiger partial charge in [0.2, 0.25) is 0 Å². The summed E-state index contributed by atoms with van der Waals surface area (Å²) in [6.07, 6.45) is 1.72. The van der Waals surface area contributed by atoms with Crippen LogP contribution in [0.25, 0.3) is 6.08 Å². The van der Waals surface area contributed by atoms with Gasteiger partial charge < -0.3 is 14.6 Å². The van der Waals surface area contributed by atoms with Crippen LogP contribution in [0.3, 0.4) is 0 Å². The van der Waals surface area contributed by atoms with E-state index in [-0.39, 0.29) is 11.5 Å². The number of carboxylic acids is 1. The van der Waals surface area contributed by atoms with Crippen LogP contribution in [-0.4, -0.2) is 35.0 Å². The number of methoxy groups -OCH3 is 1. The van der Waals surface area contributed by atoms with Crippen molar-refractivity contribution in [2.75, 3.05) is 18.6 Å².